The number of anilines is 3. The highest BCUT2D eigenvalue weighted by atomic mass is 16.3. The van der Waals surface area contributed by atoms with Crippen LogP contribution >= 0.6 is 0 Å². The molecule has 9 aromatic rings. The largest absolute Gasteiger partial charge is 0.455 e. The van der Waals surface area contributed by atoms with Gasteiger partial charge >= 0.3 is 0 Å². The second kappa shape index (κ2) is 11.9. The van der Waals surface area contributed by atoms with Crippen molar-refractivity contribution in [3.63, 3.8) is 0 Å². The Morgan fingerprint density at radius 1 is 0.375 bits per heavy atom. The van der Waals surface area contributed by atoms with E-state index in [1.54, 1.807) is 0 Å². The maximum absolute atomic E-state index is 6.82. The van der Waals surface area contributed by atoms with Crippen molar-refractivity contribution in [3.8, 4) is 44.5 Å². The van der Waals surface area contributed by atoms with Gasteiger partial charge in [-0.3, -0.25) is 0 Å². The van der Waals surface area contributed by atoms with Gasteiger partial charge in [-0.05, 0) is 98.1 Å². The molecule has 0 aliphatic heterocycles. The van der Waals surface area contributed by atoms with Crippen LogP contribution in [0.4, 0.5) is 17.1 Å². The minimum Gasteiger partial charge on any atom is -0.455 e. The van der Waals surface area contributed by atoms with E-state index in [0.717, 1.165) is 50.1 Å². The Bertz CT molecular complexity index is 3030. The Morgan fingerprint density at radius 2 is 0.946 bits per heavy atom. The van der Waals surface area contributed by atoms with Crippen LogP contribution in [0.15, 0.2) is 180 Å². The SMILES string of the molecule is CC1(C)c2ccccc2-c2ccc(-c3cc(N(c4ccc5c(c4)C(C)(C)c4ccccc4-5)c4ccccc4-c4ccccc4)cc4c3oc3ccccc34)cc21. The Hall–Kier alpha value is -6.64. The average molecular weight is 720 g/mol. The zero-order chi connectivity index (χ0) is 37.8. The molecule has 8 aromatic carbocycles. The van der Waals surface area contributed by atoms with Crippen molar-refractivity contribution in [2.75, 3.05) is 4.90 Å². The number of para-hydroxylation sites is 2. The van der Waals surface area contributed by atoms with Crippen LogP contribution in [0.5, 0.6) is 0 Å². The number of nitrogens with zero attached hydrogens (tertiary/aromatic N) is 1. The molecule has 0 N–H and O–H groups in total. The van der Waals surface area contributed by atoms with Gasteiger partial charge < -0.3 is 9.32 Å². The van der Waals surface area contributed by atoms with Gasteiger partial charge in [-0.25, -0.2) is 0 Å². The molecule has 0 bridgehead atoms. The van der Waals surface area contributed by atoms with E-state index in [-0.39, 0.29) is 10.8 Å². The summed E-state index contributed by atoms with van der Waals surface area (Å²) in [6.07, 6.45) is 0. The standard InChI is InChI=1S/C54H41NO/c1-53(2)46-22-12-8-19-39(46)41-28-26-35(30-48(41)53)44-31-37(32-45-43-21-11-15-25-51(43)56-52(44)45)55(50-24-14-10-18-38(50)34-16-6-5-7-17-34)36-27-29-42-40-20-9-13-23-47(40)54(3,4)49(42)33-36/h5-33H,1-4H3. The van der Waals surface area contributed by atoms with Crippen molar-refractivity contribution < 1.29 is 4.42 Å². The molecule has 11 rings (SSSR count). The second-order valence-corrected chi connectivity index (χ2v) is 16.5. The molecule has 0 fully saturated rings. The summed E-state index contributed by atoms with van der Waals surface area (Å²) in [7, 11) is 0. The Balaban J connectivity index is 1.19. The molecular weight excluding hydrogens is 679 g/mol. The number of furan rings is 1. The fraction of sp³-hybridized carbons (Fsp3) is 0.111. The predicted molar refractivity (Wildman–Crippen MR) is 234 cm³/mol. The molecule has 0 unspecified atom stereocenters. The van der Waals surface area contributed by atoms with Crippen molar-refractivity contribution in [3.05, 3.63) is 198 Å². The zero-order valence-corrected chi connectivity index (χ0v) is 32.1. The van der Waals surface area contributed by atoms with Crippen LogP contribution in [-0.4, -0.2) is 0 Å². The van der Waals surface area contributed by atoms with E-state index in [0.29, 0.717) is 0 Å². The molecule has 2 aliphatic rings. The molecule has 0 spiro atoms. The average Bonchev–Trinajstić information content (AvgIpc) is 3.81. The molecule has 2 aliphatic carbocycles. The summed E-state index contributed by atoms with van der Waals surface area (Å²) in [6.45, 7) is 9.42. The third-order valence-corrected chi connectivity index (χ3v) is 12.7. The molecule has 1 aromatic heterocycles. The van der Waals surface area contributed by atoms with Crippen molar-refractivity contribution in [2.45, 2.75) is 38.5 Å². The highest BCUT2D eigenvalue weighted by Crippen LogP contribution is 2.53. The number of hydrogen-bond donors (Lipinski definition) is 0. The van der Waals surface area contributed by atoms with Crippen molar-refractivity contribution >= 4 is 39.0 Å². The first-order valence-corrected chi connectivity index (χ1v) is 19.7. The van der Waals surface area contributed by atoms with Gasteiger partial charge in [0.1, 0.15) is 11.2 Å². The first-order valence-electron chi connectivity index (χ1n) is 19.7. The number of benzene rings is 8. The maximum Gasteiger partial charge on any atom is 0.143 e. The maximum atomic E-state index is 6.82. The van der Waals surface area contributed by atoms with Crippen LogP contribution in [0.3, 0.4) is 0 Å². The minimum absolute atomic E-state index is 0.123. The Labute approximate surface area is 328 Å². The Kier molecular flexibility index (Phi) is 6.98. The van der Waals surface area contributed by atoms with E-state index in [1.807, 2.05) is 0 Å². The van der Waals surface area contributed by atoms with Gasteiger partial charge in [-0.15, -0.1) is 0 Å². The van der Waals surface area contributed by atoms with E-state index in [2.05, 4.69) is 209 Å². The van der Waals surface area contributed by atoms with Crippen LogP contribution in [-0.2, 0) is 10.8 Å². The quantitative estimate of drug-likeness (QED) is 0.176. The van der Waals surface area contributed by atoms with E-state index in [9.17, 15) is 0 Å². The number of fused-ring (bicyclic) bond motifs is 9. The van der Waals surface area contributed by atoms with Crippen molar-refractivity contribution in [2.24, 2.45) is 0 Å². The van der Waals surface area contributed by atoms with E-state index >= 15 is 0 Å². The highest BCUT2D eigenvalue weighted by molar-refractivity contribution is 6.12. The second-order valence-electron chi connectivity index (χ2n) is 16.5. The highest BCUT2D eigenvalue weighted by Gasteiger charge is 2.37. The topological polar surface area (TPSA) is 16.4 Å². The van der Waals surface area contributed by atoms with Crippen molar-refractivity contribution in [1.82, 2.24) is 0 Å². The molecule has 0 saturated heterocycles. The summed E-state index contributed by atoms with van der Waals surface area (Å²) in [5.41, 5.74) is 20.2. The van der Waals surface area contributed by atoms with E-state index in [4.69, 9.17) is 4.42 Å². The monoisotopic (exact) mass is 719 g/mol. The normalized spacial score (nSPS) is 14.4. The third kappa shape index (κ3) is 4.69. The molecule has 0 radical (unpaired) electrons. The summed E-state index contributed by atoms with van der Waals surface area (Å²) in [5, 5.41) is 2.22. The lowest BCUT2D eigenvalue weighted by Crippen LogP contribution is -2.17. The lowest BCUT2D eigenvalue weighted by atomic mass is 9.81. The first-order chi connectivity index (χ1) is 27.3. The molecule has 0 atom stereocenters. The Morgan fingerprint density at radius 3 is 1.68 bits per heavy atom. The van der Waals surface area contributed by atoms with Crippen LogP contribution in [0, 0.1) is 0 Å². The molecule has 0 saturated carbocycles. The smallest absolute Gasteiger partial charge is 0.143 e. The third-order valence-electron chi connectivity index (χ3n) is 12.7. The van der Waals surface area contributed by atoms with E-state index in [1.165, 1.54) is 55.6 Å². The summed E-state index contributed by atoms with van der Waals surface area (Å²) >= 11 is 0. The lowest BCUT2D eigenvalue weighted by molar-refractivity contribution is 0.660. The first kappa shape index (κ1) is 32.8. The van der Waals surface area contributed by atoms with Gasteiger partial charge in [0.15, 0.2) is 0 Å². The molecular formula is C54H41NO. The predicted octanol–water partition coefficient (Wildman–Crippen LogP) is 15.0. The fourth-order valence-electron chi connectivity index (χ4n) is 9.82. The lowest BCUT2D eigenvalue weighted by Gasteiger charge is -2.30. The summed E-state index contributed by atoms with van der Waals surface area (Å²) in [6, 6.07) is 64.6. The van der Waals surface area contributed by atoms with Gasteiger partial charge in [-0.1, -0.05) is 161 Å². The summed E-state index contributed by atoms with van der Waals surface area (Å²) in [5.74, 6) is 0. The summed E-state index contributed by atoms with van der Waals surface area (Å²) in [4.78, 5) is 2.47. The molecule has 1 heterocycles. The van der Waals surface area contributed by atoms with Crippen molar-refractivity contribution in [1.29, 1.82) is 0 Å². The molecule has 0 amide bonds. The molecule has 2 nitrogen and oxygen atoms in total. The molecule has 268 valence electrons. The van der Waals surface area contributed by atoms with Gasteiger partial charge in [0.25, 0.3) is 0 Å². The van der Waals surface area contributed by atoms with Gasteiger partial charge in [-0.2, -0.15) is 0 Å². The summed E-state index contributed by atoms with van der Waals surface area (Å²) < 4.78 is 6.82. The van der Waals surface area contributed by atoms with Gasteiger partial charge in [0, 0.05) is 44.1 Å². The zero-order valence-electron chi connectivity index (χ0n) is 32.1. The van der Waals surface area contributed by atoms with Gasteiger partial charge in [0.2, 0.25) is 0 Å². The number of hydrogen-bond acceptors (Lipinski definition) is 2. The van der Waals surface area contributed by atoms with Crippen LogP contribution in [0.25, 0.3) is 66.4 Å². The van der Waals surface area contributed by atoms with Crippen LogP contribution in [0.1, 0.15) is 49.9 Å². The van der Waals surface area contributed by atoms with Crippen LogP contribution in [0.2, 0.25) is 0 Å². The molecule has 56 heavy (non-hydrogen) atoms. The van der Waals surface area contributed by atoms with Gasteiger partial charge in [0.05, 0.1) is 5.69 Å². The number of rotatable bonds is 5. The van der Waals surface area contributed by atoms with E-state index < -0.39 is 0 Å². The van der Waals surface area contributed by atoms with Crippen LogP contribution < -0.4 is 4.90 Å². The minimum atomic E-state index is -0.142. The molecule has 2 heteroatoms. The fourth-order valence-corrected chi connectivity index (χ4v) is 9.82.